The minimum absolute atomic E-state index is 0.0216. The Labute approximate surface area is 151 Å². The summed E-state index contributed by atoms with van der Waals surface area (Å²) in [6.45, 7) is -1.70. The van der Waals surface area contributed by atoms with Gasteiger partial charge in [-0.05, 0) is 0 Å². The molecule has 0 aromatic heterocycles. The molecule has 0 aliphatic heterocycles. The molecular formula is C11H11F8NO7S. The van der Waals surface area contributed by atoms with Crippen molar-refractivity contribution in [1.82, 2.24) is 5.32 Å². The maximum absolute atomic E-state index is 13.3. The molecule has 0 aromatic rings. The molecule has 164 valence electrons. The zero-order valence-electron chi connectivity index (χ0n) is 13.2. The lowest BCUT2D eigenvalue weighted by atomic mass is 10.2. The SMILES string of the molecule is C=CC(=O)OC(OCC(F)(F)S(=O)(=O)O)(C(=O)NCCC(F)(F)F)C(F)(F)F. The molecule has 0 saturated carbocycles. The van der Waals surface area contributed by atoms with Crippen LogP contribution in [0.1, 0.15) is 6.42 Å². The van der Waals surface area contributed by atoms with Gasteiger partial charge in [0, 0.05) is 12.6 Å². The highest BCUT2D eigenvalue weighted by Crippen LogP contribution is 2.37. The van der Waals surface area contributed by atoms with E-state index in [2.05, 4.69) is 16.1 Å². The smallest absolute Gasteiger partial charge is 0.412 e. The molecule has 1 atom stereocenters. The van der Waals surface area contributed by atoms with Gasteiger partial charge < -0.3 is 14.8 Å². The van der Waals surface area contributed by atoms with Crippen LogP contribution in [0.25, 0.3) is 0 Å². The Hall–Kier alpha value is -2.01. The van der Waals surface area contributed by atoms with E-state index in [0.29, 0.717) is 0 Å². The number of esters is 1. The van der Waals surface area contributed by atoms with Gasteiger partial charge in [-0.3, -0.25) is 9.35 Å². The Balaban J connectivity index is 5.93. The number of amides is 1. The molecule has 0 bridgehead atoms. The van der Waals surface area contributed by atoms with E-state index in [1.54, 1.807) is 0 Å². The molecule has 1 unspecified atom stereocenters. The van der Waals surface area contributed by atoms with Crippen LogP contribution in [0, 0.1) is 0 Å². The number of carbonyl (C=O) groups is 2. The van der Waals surface area contributed by atoms with Crippen molar-refractivity contribution in [2.75, 3.05) is 13.2 Å². The van der Waals surface area contributed by atoms with Crippen LogP contribution in [-0.2, 0) is 29.2 Å². The normalized spacial score (nSPS) is 15.5. The molecule has 0 rings (SSSR count). The summed E-state index contributed by atoms with van der Waals surface area (Å²) in [5, 5.41) is -4.39. The van der Waals surface area contributed by atoms with Gasteiger partial charge >= 0.3 is 45.4 Å². The maximum atomic E-state index is 13.3. The van der Waals surface area contributed by atoms with Crippen molar-refractivity contribution >= 4 is 22.0 Å². The number of halogens is 8. The summed E-state index contributed by atoms with van der Waals surface area (Å²) >= 11 is 0. The standard InChI is InChI=1S/C11H11F8NO7S/c1-2-6(21)27-10(11(17,18)19,7(22)20-4-3-8(12,13)14)26-5-9(15,16)28(23,24)25/h2H,1,3-5H2,(H,20,22)(H,23,24,25). The molecule has 0 heterocycles. The zero-order chi connectivity index (χ0) is 22.6. The minimum atomic E-state index is -6.33. The Morgan fingerprint density at radius 2 is 1.57 bits per heavy atom. The second-order valence-electron chi connectivity index (χ2n) is 4.76. The molecule has 28 heavy (non-hydrogen) atoms. The van der Waals surface area contributed by atoms with Crippen LogP contribution in [0.5, 0.6) is 0 Å². The third-order valence-electron chi connectivity index (χ3n) is 2.60. The summed E-state index contributed by atoms with van der Waals surface area (Å²) in [4.78, 5) is 22.8. The molecule has 0 aliphatic carbocycles. The zero-order valence-corrected chi connectivity index (χ0v) is 14.1. The van der Waals surface area contributed by atoms with Crippen LogP contribution in [0.3, 0.4) is 0 Å². The summed E-state index contributed by atoms with van der Waals surface area (Å²) in [6, 6.07) is 0. The number of rotatable bonds is 9. The van der Waals surface area contributed by atoms with E-state index in [1.165, 1.54) is 0 Å². The van der Waals surface area contributed by atoms with Crippen molar-refractivity contribution in [2.45, 2.75) is 29.8 Å². The van der Waals surface area contributed by atoms with E-state index in [9.17, 15) is 53.1 Å². The third-order valence-corrected chi connectivity index (χ3v) is 3.47. The van der Waals surface area contributed by atoms with Gasteiger partial charge in [-0.25, -0.2) is 4.79 Å². The molecular weight excluding hydrogens is 442 g/mol. The lowest BCUT2D eigenvalue weighted by molar-refractivity contribution is -0.352. The second kappa shape index (κ2) is 8.56. The van der Waals surface area contributed by atoms with E-state index >= 15 is 0 Å². The lowest BCUT2D eigenvalue weighted by Gasteiger charge is -2.33. The number of hydrogen-bond acceptors (Lipinski definition) is 6. The molecule has 0 radical (unpaired) electrons. The van der Waals surface area contributed by atoms with Gasteiger partial charge in [0.05, 0.1) is 6.42 Å². The Bertz CT molecular complexity index is 703. The molecule has 2 N–H and O–H groups in total. The third kappa shape index (κ3) is 6.86. The molecule has 0 fully saturated rings. The van der Waals surface area contributed by atoms with Gasteiger partial charge in [0.25, 0.3) is 0 Å². The number of hydrogen-bond donors (Lipinski definition) is 2. The highest BCUT2D eigenvalue weighted by atomic mass is 32.2. The molecule has 0 aliphatic rings. The van der Waals surface area contributed by atoms with Crippen LogP contribution in [0.4, 0.5) is 35.1 Å². The maximum Gasteiger partial charge on any atom is 0.466 e. The Kier molecular flexibility index (Phi) is 7.95. The van der Waals surface area contributed by atoms with Gasteiger partial charge in [-0.15, -0.1) is 0 Å². The fourth-order valence-electron chi connectivity index (χ4n) is 1.29. The van der Waals surface area contributed by atoms with E-state index < -0.39 is 65.0 Å². The summed E-state index contributed by atoms with van der Waals surface area (Å²) in [7, 11) is -6.33. The fraction of sp³-hybridized carbons (Fsp3) is 0.636. The topological polar surface area (TPSA) is 119 Å². The predicted molar refractivity (Wildman–Crippen MR) is 71.2 cm³/mol. The molecule has 8 nitrogen and oxygen atoms in total. The van der Waals surface area contributed by atoms with E-state index in [4.69, 9.17) is 4.55 Å². The van der Waals surface area contributed by atoms with E-state index in [0.717, 1.165) is 5.32 Å². The van der Waals surface area contributed by atoms with Crippen LogP contribution >= 0.6 is 0 Å². The van der Waals surface area contributed by atoms with Crippen molar-refractivity contribution in [3.63, 3.8) is 0 Å². The van der Waals surface area contributed by atoms with Gasteiger partial charge in [-0.2, -0.15) is 43.5 Å². The summed E-state index contributed by atoms with van der Waals surface area (Å²) in [6.07, 6.45) is -13.0. The van der Waals surface area contributed by atoms with Crippen molar-refractivity contribution in [2.24, 2.45) is 0 Å². The molecule has 0 saturated heterocycles. The quantitative estimate of drug-likeness (QED) is 0.179. The molecule has 17 heteroatoms. The van der Waals surface area contributed by atoms with E-state index in [1.807, 2.05) is 0 Å². The number of nitrogens with one attached hydrogen (secondary N) is 1. The second-order valence-corrected chi connectivity index (χ2v) is 6.31. The number of ether oxygens (including phenoxy) is 2. The number of carbonyl (C=O) groups excluding carboxylic acids is 2. The first-order chi connectivity index (χ1) is 12.3. The van der Waals surface area contributed by atoms with Crippen molar-refractivity contribution in [3.8, 4) is 0 Å². The summed E-state index contributed by atoms with van der Waals surface area (Å²) in [5.74, 6) is -9.73. The first-order valence-electron chi connectivity index (χ1n) is 6.55. The van der Waals surface area contributed by atoms with Crippen LogP contribution in [-0.4, -0.2) is 61.4 Å². The molecule has 1 amide bonds. The first kappa shape index (κ1) is 26.0. The van der Waals surface area contributed by atoms with Gasteiger partial charge in [0.15, 0.2) is 0 Å². The van der Waals surface area contributed by atoms with Crippen LogP contribution < -0.4 is 5.32 Å². The summed E-state index contributed by atoms with van der Waals surface area (Å²) < 4.78 is 139. The highest BCUT2D eigenvalue weighted by molar-refractivity contribution is 7.86. The Morgan fingerprint density at radius 3 is 1.93 bits per heavy atom. The van der Waals surface area contributed by atoms with Gasteiger partial charge in [0.1, 0.15) is 6.61 Å². The first-order valence-corrected chi connectivity index (χ1v) is 7.99. The monoisotopic (exact) mass is 453 g/mol. The Morgan fingerprint density at radius 1 is 1.07 bits per heavy atom. The van der Waals surface area contributed by atoms with Crippen molar-refractivity contribution < 1.29 is 67.2 Å². The largest absolute Gasteiger partial charge is 0.466 e. The van der Waals surface area contributed by atoms with Gasteiger partial charge in [-0.1, -0.05) is 6.58 Å². The molecule has 0 spiro atoms. The highest BCUT2D eigenvalue weighted by Gasteiger charge is 2.67. The fourth-order valence-corrected chi connectivity index (χ4v) is 1.50. The number of alkyl halides is 8. The van der Waals surface area contributed by atoms with Crippen LogP contribution in [0.15, 0.2) is 12.7 Å². The van der Waals surface area contributed by atoms with Crippen molar-refractivity contribution in [3.05, 3.63) is 12.7 Å². The molecule has 0 aromatic carbocycles. The lowest BCUT2D eigenvalue weighted by Crippen LogP contribution is -2.62. The average molecular weight is 453 g/mol. The average Bonchev–Trinajstić information content (AvgIpc) is 2.47. The van der Waals surface area contributed by atoms with Crippen LogP contribution in [0.2, 0.25) is 0 Å². The van der Waals surface area contributed by atoms with Crippen molar-refractivity contribution in [1.29, 1.82) is 0 Å². The minimum Gasteiger partial charge on any atom is -0.412 e. The summed E-state index contributed by atoms with van der Waals surface area (Å²) in [5.41, 5.74) is 0. The predicted octanol–water partition coefficient (Wildman–Crippen LogP) is 1.54. The van der Waals surface area contributed by atoms with Gasteiger partial charge in [0.2, 0.25) is 0 Å². The van der Waals surface area contributed by atoms with E-state index in [-0.39, 0.29) is 6.08 Å².